The largest absolute Gasteiger partial charge is 0.335 e. The topological polar surface area (TPSA) is 46.3 Å². The van der Waals surface area contributed by atoms with Gasteiger partial charge in [0.2, 0.25) is 5.91 Å². The molecular formula is C16H20ClFN2O. The van der Waals surface area contributed by atoms with Gasteiger partial charge in [0.1, 0.15) is 5.82 Å². The summed E-state index contributed by atoms with van der Waals surface area (Å²) in [7, 11) is 0. The SMILES string of the molecule is NCC1(C(=O)N(Cc2c(F)cccc2Cl)C2CC2)CCC1. The minimum absolute atomic E-state index is 0.0815. The monoisotopic (exact) mass is 310 g/mol. The number of carbonyl (C=O) groups excluding carboxylic acids is 1. The van der Waals surface area contributed by atoms with E-state index < -0.39 is 5.41 Å². The van der Waals surface area contributed by atoms with Crippen LogP contribution in [0.15, 0.2) is 18.2 Å². The van der Waals surface area contributed by atoms with Gasteiger partial charge in [0.05, 0.1) is 12.0 Å². The highest BCUT2D eigenvalue weighted by molar-refractivity contribution is 6.31. The van der Waals surface area contributed by atoms with Gasteiger partial charge in [-0.25, -0.2) is 4.39 Å². The van der Waals surface area contributed by atoms with E-state index in [1.807, 2.05) is 0 Å². The summed E-state index contributed by atoms with van der Waals surface area (Å²) in [6.45, 7) is 0.622. The first kappa shape index (κ1) is 14.8. The van der Waals surface area contributed by atoms with Crippen LogP contribution in [-0.4, -0.2) is 23.4 Å². The number of halogens is 2. The highest BCUT2D eigenvalue weighted by Crippen LogP contribution is 2.44. The second-order valence-electron chi connectivity index (χ2n) is 6.20. The maximum atomic E-state index is 14.0. The summed E-state index contributed by atoms with van der Waals surface area (Å²) in [6.07, 6.45) is 4.70. The lowest BCUT2D eigenvalue weighted by atomic mass is 9.67. The molecule has 2 aliphatic rings. The zero-order valence-corrected chi connectivity index (χ0v) is 12.7. The first-order chi connectivity index (χ1) is 10.1. The summed E-state index contributed by atoms with van der Waals surface area (Å²) in [4.78, 5) is 14.7. The zero-order chi connectivity index (χ0) is 15.0. The molecule has 1 aromatic carbocycles. The lowest BCUT2D eigenvalue weighted by Gasteiger charge is -2.43. The number of hydrogen-bond acceptors (Lipinski definition) is 2. The molecule has 0 heterocycles. The molecule has 5 heteroatoms. The van der Waals surface area contributed by atoms with E-state index in [4.69, 9.17) is 17.3 Å². The van der Waals surface area contributed by atoms with E-state index in [1.165, 1.54) is 6.07 Å². The van der Waals surface area contributed by atoms with E-state index in [-0.39, 0.29) is 24.3 Å². The van der Waals surface area contributed by atoms with Gasteiger partial charge in [-0.3, -0.25) is 4.79 Å². The van der Waals surface area contributed by atoms with Crippen molar-refractivity contribution in [2.24, 2.45) is 11.1 Å². The van der Waals surface area contributed by atoms with Gasteiger partial charge in [-0.05, 0) is 37.8 Å². The van der Waals surface area contributed by atoms with Gasteiger partial charge in [0, 0.05) is 23.2 Å². The summed E-state index contributed by atoms with van der Waals surface area (Å²) < 4.78 is 14.0. The van der Waals surface area contributed by atoms with Crippen molar-refractivity contribution in [3.8, 4) is 0 Å². The molecule has 0 bridgehead atoms. The predicted molar refractivity (Wildman–Crippen MR) is 80.3 cm³/mol. The molecule has 1 aromatic rings. The van der Waals surface area contributed by atoms with Crippen LogP contribution in [0.5, 0.6) is 0 Å². The lowest BCUT2D eigenvalue weighted by Crippen LogP contribution is -2.52. The molecule has 114 valence electrons. The summed E-state index contributed by atoms with van der Waals surface area (Å²) in [5.41, 5.74) is 5.83. The molecule has 2 aliphatic carbocycles. The average molecular weight is 311 g/mol. The summed E-state index contributed by atoms with van der Waals surface area (Å²) >= 11 is 6.10. The predicted octanol–water partition coefficient (Wildman–Crippen LogP) is 3.10. The van der Waals surface area contributed by atoms with Gasteiger partial charge < -0.3 is 10.6 Å². The second-order valence-corrected chi connectivity index (χ2v) is 6.61. The Kier molecular flexibility index (Phi) is 3.93. The Morgan fingerprint density at radius 1 is 1.43 bits per heavy atom. The van der Waals surface area contributed by atoms with Gasteiger partial charge in [0.25, 0.3) is 0 Å². The van der Waals surface area contributed by atoms with E-state index in [9.17, 15) is 9.18 Å². The average Bonchev–Trinajstić information content (AvgIpc) is 3.22. The van der Waals surface area contributed by atoms with Crippen LogP contribution in [0.3, 0.4) is 0 Å². The molecule has 3 rings (SSSR count). The Balaban J connectivity index is 1.84. The van der Waals surface area contributed by atoms with Crippen molar-refractivity contribution >= 4 is 17.5 Å². The van der Waals surface area contributed by atoms with E-state index in [0.717, 1.165) is 32.1 Å². The minimum atomic E-state index is -0.416. The van der Waals surface area contributed by atoms with Crippen molar-refractivity contribution in [1.29, 1.82) is 0 Å². The zero-order valence-electron chi connectivity index (χ0n) is 11.9. The fourth-order valence-electron chi connectivity index (χ4n) is 3.02. The van der Waals surface area contributed by atoms with Gasteiger partial charge >= 0.3 is 0 Å². The number of benzene rings is 1. The Bertz CT molecular complexity index is 529. The van der Waals surface area contributed by atoms with E-state index in [0.29, 0.717) is 17.1 Å². The Morgan fingerprint density at radius 2 is 2.14 bits per heavy atom. The highest BCUT2D eigenvalue weighted by atomic mass is 35.5. The first-order valence-corrected chi connectivity index (χ1v) is 7.89. The van der Waals surface area contributed by atoms with Crippen LogP contribution in [0.25, 0.3) is 0 Å². The van der Waals surface area contributed by atoms with Crippen molar-refractivity contribution in [1.82, 2.24) is 4.90 Å². The molecule has 0 radical (unpaired) electrons. The molecule has 0 unspecified atom stereocenters. The van der Waals surface area contributed by atoms with Gasteiger partial charge in [-0.1, -0.05) is 24.1 Å². The number of hydrogen-bond donors (Lipinski definition) is 1. The third-order valence-electron chi connectivity index (χ3n) is 4.79. The molecular weight excluding hydrogens is 291 g/mol. The molecule has 2 N–H and O–H groups in total. The van der Waals surface area contributed by atoms with Crippen LogP contribution in [0.2, 0.25) is 5.02 Å². The fraction of sp³-hybridized carbons (Fsp3) is 0.562. The normalized spacial score (nSPS) is 20.0. The first-order valence-electron chi connectivity index (χ1n) is 7.51. The van der Waals surface area contributed by atoms with E-state index in [1.54, 1.807) is 17.0 Å². The number of amides is 1. The number of nitrogens with two attached hydrogens (primary N) is 1. The molecule has 2 fully saturated rings. The fourth-order valence-corrected chi connectivity index (χ4v) is 3.24. The van der Waals surface area contributed by atoms with Crippen LogP contribution in [0.4, 0.5) is 4.39 Å². The van der Waals surface area contributed by atoms with Gasteiger partial charge in [-0.2, -0.15) is 0 Å². The molecule has 1 amide bonds. The lowest BCUT2D eigenvalue weighted by molar-refractivity contribution is -0.148. The minimum Gasteiger partial charge on any atom is -0.335 e. The Labute approximate surface area is 129 Å². The third-order valence-corrected chi connectivity index (χ3v) is 5.15. The number of nitrogens with zero attached hydrogens (tertiary/aromatic N) is 1. The van der Waals surface area contributed by atoms with Crippen LogP contribution >= 0.6 is 11.6 Å². The maximum Gasteiger partial charge on any atom is 0.230 e. The number of carbonyl (C=O) groups is 1. The third kappa shape index (κ3) is 2.67. The second kappa shape index (κ2) is 5.58. The Hall–Kier alpha value is -1.13. The van der Waals surface area contributed by atoms with Crippen LogP contribution in [0, 0.1) is 11.2 Å². The molecule has 21 heavy (non-hydrogen) atoms. The summed E-state index contributed by atoms with van der Waals surface area (Å²) in [5.74, 6) is -0.269. The molecule has 0 saturated heterocycles. The van der Waals surface area contributed by atoms with Crippen molar-refractivity contribution < 1.29 is 9.18 Å². The molecule has 0 atom stereocenters. The summed E-state index contributed by atoms with van der Waals surface area (Å²) in [6, 6.07) is 4.85. The van der Waals surface area contributed by atoms with Crippen LogP contribution < -0.4 is 5.73 Å². The quantitative estimate of drug-likeness (QED) is 0.908. The number of rotatable bonds is 5. The molecule has 2 saturated carbocycles. The van der Waals surface area contributed by atoms with Gasteiger partial charge in [-0.15, -0.1) is 0 Å². The molecule has 3 nitrogen and oxygen atoms in total. The smallest absolute Gasteiger partial charge is 0.230 e. The molecule has 0 aliphatic heterocycles. The van der Waals surface area contributed by atoms with Crippen LogP contribution in [-0.2, 0) is 11.3 Å². The van der Waals surface area contributed by atoms with Crippen molar-refractivity contribution in [3.05, 3.63) is 34.6 Å². The van der Waals surface area contributed by atoms with Crippen molar-refractivity contribution in [3.63, 3.8) is 0 Å². The van der Waals surface area contributed by atoms with Crippen LogP contribution in [0.1, 0.15) is 37.7 Å². The van der Waals surface area contributed by atoms with E-state index >= 15 is 0 Å². The molecule has 0 spiro atoms. The van der Waals surface area contributed by atoms with Crippen molar-refractivity contribution in [2.45, 2.75) is 44.7 Å². The maximum absolute atomic E-state index is 14.0. The van der Waals surface area contributed by atoms with Crippen molar-refractivity contribution in [2.75, 3.05) is 6.54 Å². The molecule has 0 aromatic heterocycles. The highest BCUT2D eigenvalue weighted by Gasteiger charge is 2.48. The Morgan fingerprint density at radius 3 is 2.62 bits per heavy atom. The standard InChI is InChI=1S/C16H20ClFN2O/c17-13-3-1-4-14(18)12(13)9-20(11-5-6-11)15(21)16(10-19)7-2-8-16/h1,3-4,11H,2,5-10,19H2. The van der Waals surface area contributed by atoms with E-state index in [2.05, 4.69) is 0 Å². The summed E-state index contributed by atoms with van der Waals surface area (Å²) in [5, 5.41) is 0.379. The van der Waals surface area contributed by atoms with Gasteiger partial charge in [0.15, 0.2) is 0 Å².